The zero-order chi connectivity index (χ0) is 17.8. The Morgan fingerprint density at radius 2 is 1.92 bits per heavy atom. The maximum absolute atomic E-state index is 12.0. The molecular weight excluding hydrogens is 304 g/mol. The summed E-state index contributed by atoms with van der Waals surface area (Å²) in [5, 5.41) is 6.49. The molecule has 0 radical (unpaired) electrons. The number of rotatable bonds is 10. The maximum Gasteiger partial charge on any atom is 0.224 e. The van der Waals surface area contributed by atoms with Crippen molar-refractivity contribution >= 4 is 11.9 Å². The van der Waals surface area contributed by atoms with E-state index in [-0.39, 0.29) is 12.0 Å². The fraction of sp³-hybridized carbons (Fsp3) is 0.889. The van der Waals surface area contributed by atoms with Crippen molar-refractivity contribution in [3.63, 3.8) is 0 Å². The SMILES string of the molecule is CCNC(=NCCC(OCC)C(C)C)NCCC(=O)N1CCCC1. The van der Waals surface area contributed by atoms with E-state index < -0.39 is 0 Å². The molecule has 1 aliphatic rings. The van der Waals surface area contributed by atoms with Gasteiger partial charge < -0.3 is 20.3 Å². The smallest absolute Gasteiger partial charge is 0.224 e. The number of likely N-dealkylation sites (tertiary alicyclic amines) is 1. The first-order valence-electron chi connectivity index (χ1n) is 9.50. The van der Waals surface area contributed by atoms with Gasteiger partial charge in [0.15, 0.2) is 5.96 Å². The molecule has 140 valence electrons. The lowest BCUT2D eigenvalue weighted by Crippen LogP contribution is -2.40. The van der Waals surface area contributed by atoms with Crippen molar-refractivity contribution in [2.75, 3.05) is 39.3 Å². The predicted octanol–water partition coefficient (Wildman–Crippen LogP) is 2.01. The summed E-state index contributed by atoms with van der Waals surface area (Å²) in [5.41, 5.74) is 0. The van der Waals surface area contributed by atoms with Crippen LogP contribution >= 0.6 is 0 Å². The van der Waals surface area contributed by atoms with Gasteiger partial charge in [-0.15, -0.1) is 0 Å². The van der Waals surface area contributed by atoms with E-state index >= 15 is 0 Å². The van der Waals surface area contributed by atoms with Crippen LogP contribution in [0.1, 0.15) is 53.4 Å². The van der Waals surface area contributed by atoms with Crippen LogP contribution < -0.4 is 10.6 Å². The Hall–Kier alpha value is -1.30. The van der Waals surface area contributed by atoms with Crippen molar-refractivity contribution < 1.29 is 9.53 Å². The van der Waals surface area contributed by atoms with Gasteiger partial charge in [0.1, 0.15) is 0 Å². The summed E-state index contributed by atoms with van der Waals surface area (Å²) in [6, 6.07) is 0. The van der Waals surface area contributed by atoms with Crippen molar-refractivity contribution in [2.24, 2.45) is 10.9 Å². The largest absolute Gasteiger partial charge is 0.378 e. The molecule has 24 heavy (non-hydrogen) atoms. The van der Waals surface area contributed by atoms with Gasteiger partial charge in [0.05, 0.1) is 6.10 Å². The lowest BCUT2D eigenvalue weighted by Gasteiger charge is -2.20. The molecule has 1 heterocycles. The Balaban J connectivity index is 2.34. The third kappa shape index (κ3) is 7.99. The quantitative estimate of drug-likeness (QED) is 0.472. The van der Waals surface area contributed by atoms with Gasteiger partial charge in [-0.05, 0) is 39.0 Å². The molecule has 0 aliphatic carbocycles. The number of hydrogen-bond acceptors (Lipinski definition) is 3. The monoisotopic (exact) mass is 340 g/mol. The van der Waals surface area contributed by atoms with Crippen LogP contribution in [0.15, 0.2) is 4.99 Å². The summed E-state index contributed by atoms with van der Waals surface area (Å²) in [7, 11) is 0. The summed E-state index contributed by atoms with van der Waals surface area (Å²) in [5.74, 6) is 1.52. The summed E-state index contributed by atoms with van der Waals surface area (Å²) in [4.78, 5) is 18.6. The Bertz CT molecular complexity index is 379. The lowest BCUT2D eigenvalue weighted by atomic mass is 10.0. The van der Waals surface area contributed by atoms with Crippen molar-refractivity contribution in [1.29, 1.82) is 0 Å². The van der Waals surface area contributed by atoms with Gasteiger partial charge in [0.2, 0.25) is 5.91 Å². The van der Waals surface area contributed by atoms with Gasteiger partial charge in [0, 0.05) is 45.8 Å². The normalized spacial score (nSPS) is 16.5. The second-order valence-corrected chi connectivity index (χ2v) is 6.55. The molecule has 1 amide bonds. The summed E-state index contributed by atoms with van der Waals surface area (Å²) < 4.78 is 5.75. The minimum atomic E-state index is 0.243. The molecule has 1 aliphatic heterocycles. The number of carbonyl (C=O) groups is 1. The molecule has 0 spiro atoms. The number of ether oxygens (including phenoxy) is 1. The fourth-order valence-corrected chi connectivity index (χ4v) is 2.88. The van der Waals surface area contributed by atoms with E-state index in [1.807, 2.05) is 18.7 Å². The third-order valence-corrected chi connectivity index (χ3v) is 4.24. The van der Waals surface area contributed by atoms with E-state index in [4.69, 9.17) is 4.74 Å². The highest BCUT2D eigenvalue weighted by atomic mass is 16.5. The third-order valence-electron chi connectivity index (χ3n) is 4.24. The van der Waals surface area contributed by atoms with Crippen LogP contribution in [0.3, 0.4) is 0 Å². The van der Waals surface area contributed by atoms with Gasteiger partial charge >= 0.3 is 0 Å². The number of hydrogen-bond donors (Lipinski definition) is 2. The fourth-order valence-electron chi connectivity index (χ4n) is 2.88. The van der Waals surface area contributed by atoms with Crippen LogP contribution in [0.5, 0.6) is 0 Å². The van der Waals surface area contributed by atoms with Crippen LogP contribution in [0.25, 0.3) is 0 Å². The number of aliphatic imine (C=N–C) groups is 1. The second kappa shape index (κ2) is 12.1. The molecule has 1 unspecified atom stereocenters. The molecule has 6 nitrogen and oxygen atoms in total. The zero-order valence-corrected chi connectivity index (χ0v) is 15.9. The van der Waals surface area contributed by atoms with Crippen molar-refractivity contribution in [3.05, 3.63) is 0 Å². The Labute approximate surface area is 147 Å². The van der Waals surface area contributed by atoms with E-state index in [1.165, 1.54) is 0 Å². The average Bonchev–Trinajstić information content (AvgIpc) is 3.08. The molecular formula is C18H36N4O2. The standard InChI is InChI=1S/C18H36N4O2/c1-5-19-18(20-11-9-16(15(3)4)24-6-2)21-12-10-17(23)22-13-7-8-14-22/h15-16H,5-14H2,1-4H3,(H2,19,20,21). The second-order valence-electron chi connectivity index (χ2n) is 6.55. The van der Waals surface area contributed by atoms with Crippen LogP contribution in [0.4, 0.5) is 0 Å². The van der Waals surface area contributed by atoms with Gasteiger partial charge in [-0.2, -0.15) is 0 Å². The number of nitrogens with zero attached hydrogens (tertiary/aromatic N) is 2. The van der Waals surface area contributed by atoms with E-state index in [0.717, 1.165) is 58.0 Å². The number of nitrogens with one attached hydrogen (secondary N) is 2. The van der Waals surface area contributed by atoms with Crippen molar-refractivity contribution in [1.82, 2.24) is 15.5 Å². The lowest BCUT2D eigenvalue weighted by molar-refractivity contribution is -0.129. The minimum absolute atomic E-state index is 0.243. The topological polar surface area (TPSA) is 66.0 Å². The minimum Gasteiger partial charge on any atom is -0.378 e. The summed E-state index contributed by atoms with van der Waals surface area (Å²) >= 11 is 0. The number of amides is 1. The van der Waals surface area contributed by atoms with Crippen LogP contribution in [-0.4, -0.2) is 62.2 Å². The van der Waals surface area contributed by atoms with Crippen molar-refractivity contribution in [3.8, 4) is 0 Å². The molecule has 0 aromatic rings. The molecule has 6 heteroatoms. The molecule has 1 atom stereocenters. The van der Waals surface area contributed by atoms with Crippen molar-refractivity contribution in [2.45, 2.75) is 59.5 Å². The number of guanidine groups is 1. The van der Waals surface area contributed by atoms with Gasteiger partial charge in [-0.3, -0.25) is 9.79 Å². The van der Waals surface area contributed by atoms with E-state index in [2.05, 4.69) is 29.5 Å². The van der Waals surface area contributed by atoms with E-state index in [9.17, 15) is 4.79 Å². The highest BCUT2D eigenvalue weighted by Gasteiger charge is 2.17. The van der Waals surface area contributed by atoms with Crippen LogP contribution in [0.2, 0.25) is 0 Å². The van der Waals surface area contributed by atoms with Gasteiger partial charge in [-0.1, -0.05) is 13.8 Å². The molecule has 2 N–H and O–H groups in total. The zero-order valence-electron chi connectivity index (χ0n) is 15.9. The van der Waals surface area contributed by atoms with E-state index in [0.29, 0.717) is 18.9 Å². The molecule has 0 bridgehead atoms. The summed E-state index contributed by atoms with van der Waals surface area (Å²) in [6.45, 7) is 13.2. The highest BCUT2D eigenvalue weighted by Crippen LogP contribution is 2.11. The molecule has 1 rings (SSSR count). The molecule has 1 fully saturated rings. The predicted molar refractivity (Wildman–Crippen MR) is 99.3 cm³/mol. The van der Waals surface area contributed by atoms with E-state index in [1.54, 1.807) is 0 Å². The molecule has 0 aromatic carbocycles. The van der Waals surface area contributed by atoms with Gasteiger partial charge in [0.25, 0.3) is 0 Å². The highest BCUT2D eigenvalue weighted by molar-refractivity contribution is 5.81. The Morgan fingerprint density at radius 3 is 2.50 bits per heavy atom. The maximum atomic E-state index is 12.0. The first-order valence-corrected chi connectivity index (χ1v) is 9.50. The van der Waals surface area contributed by atoms with Gasteiger partial charge in [-0.25, -0.2) is 0 Å². The number of carbonyl (C=O) groups excluding carboxylic acids is 1. The summed E-state index contributed by atoms with van der Waals surface area (Å²) in [6.07, 6.45) is 3.96. The first kappa shape index (κ1) is 20.7. The molecule has 1 saturated heterocycles. The Kier molecular flexibility index (Phi) is 10.5. The average molecular weight is 341 g/mol. The first-order chi connectivity index (χ1) is 11.6. The Morgan fingerprint density at radius 1 is 1.21 bits per heavy atom. The molecule has 0 saturated carbocycles. The molecule has 0 aromatic heterocycles. The van der Waals surface area contributed by atoms with Crippen LogP contribution in [0, 0.1) is 5.92 Å². The van der Waals surface area contributed by atoms with Crippen LogP contribution in [-0.2, 0) is 9.53 Å².